The normalized spacial score (nSPS) is 16.8. The highest BCUT2D eigenvalue weighted by molar-refractivity contribution is 5.83. The summed E-state index contributed by atoms with van der Waals surface area (Å²) in [5.74, 6) is 0.234. The van der Waals surface area contributed by atoms with Crippen LogP contribution in [0, 0.1) is 5.92 Å². The van der Waals surface area contributed by atoms with Crippen molar-refractivity contribution in [1.29, 1.82) is 0 Å². The Labute approximate surface area is 171 Å². The van der Waals surface area contributed by atoms with Crippen LogP contribution >= 0.6 is 0 Å². The van der Waals surface area contributed by atoms with Crippen molar-refractivity contribution >= 4 is 11.9 Å². The summed E-state index contributed by atoms with van der Waals surface area (Å²) in [4.78, 5) is 25.9. The highest BCUT2D eigenvalue weighted by atomic mass is 16.5. The summed E-state index contributed by atoms with van der Waals surface area (Å²) in [6.07, 6.45) is 1.80. The molecule has 29 heavy (non-hydrogen) atoms. The minimum absolute atomic E-state index is 0.0766. The standard InChI is InChI=1S/C23H28N2O4/c1-28-21-11-4-3-10-20(21)18-8-5-7-17(13-18)15-25-12-6-9-19(16-25)23(27)24-14-22(26)29-2/h3-5,7-8,10-11,13,19H,6,9,12,14-16H2,1-2H3,(H,24,27). The maximum absolute atomic E-state index is 12.4. The van der Waals surface area contributed by atoms with Gasteiger partial charge in [0.05, 0.1) is 20.1 Å². The molecule has 6 nitrogen and oxygen atoms in total. The van der Waals surface area contributed by atoms with Crippen LogP contribution in [0.15, 0.2) is 48.5 Å². The average Bonchev–Trinajstić information content (AvgIpc) is 2.77. The molecule has 1 N–H and O–H groups in total. The Bertz CT molecular complexity index is 852. The highest BCUT2D eigenvalue weighted by Gasteiger charge is 2.26. The van der Waals surface area contributed by atoms with Crippen LogP contribution in [-0.4, -0.2) is 50.6 Å². The van der Waals surface area contributed by atoms with E-state index in [1.165, 1.54) is 12.7 Å². The number of nitrogens with one attached hydrogen (secondary N) is 1. The molecule has 0 aliphatic carbocycles. The van der Waals surface area contributed by atoms with Crippen molar-refractivity contribution in [3.8, 4) is 16.9 Å². The second-order valence-electron chi connectivity index (χ2n) is 7.27. The Balaban J connectivity index is 1.64. The van der Waals surface area contributed by atoms with E-state index in [4.69, 9.17) is 4.74 Å². The molecule has 2 aromatic carbocycles. The zero-order valence-electron chi connectivity index (χ0n) is 17.0. The number of carbonyl (C=O) groups is 2. The molecule has 0 radical (unpaired) electrons. The summed E-state index contributed by atoms with van der Waals surface area (Å²) < 4.78 is 10.1. The van der Waals surface area contributed by atoms with E-state index >= 15 is 0 Å². The van der Waals surface area contributed by atoms with Gasteiger partial charge in [0.15, 0.2) is 0 Å². The van der Waals surface area contributed by atoms with E-state index < -0.39 is 5.97 Å². The Morgan fingerprint density at radius 2 is 1.97 bits per heavy atom. The molecule has 6 heteroatoms. The number of benzene rings is 2. The lowest BCUT2D eigenvalue weighted by atomic mass is 9.96. The number of carbonyl (C=O) groups excluding carboxylic acids is 2. The summed E-state index contributed by atoms with van der Waals surface area (Å²) in [5, 5.41) is 2.68. The Morgan fingerprint density at radius 3 is 2.76 bits per heavy atom. The third-order valence-electron chi connectivity index (χ3n) is 5.26. The van der Waals surface area contributed by atoms with Gasteiger partial charge in [0.2, 0.25) is 5.91 Å². The van der Waals surface area contributed by atoms with Gasteiger partial charge in [-0.05, 0) is 42.6 Å². The molecule has 1 atom stereocenters. The fraction of sp³-hybridized carbons (Fsp3) is 0.391. The molecule has 0 spiro atoms. The van der Waals surface area contributed by atoms with Crippen LogP contribution in [0.4, 0.5) is 0 Å². The minimum atomic E-state index is -0.431. The van der Waals surface area contributed by atoms with Crippen LogP contribution in [-0.2, 0) is 20.9 Å². The van der Waals surface area contributed by atoms with E-state index in [1.807, 2.05) is 18.2 Å². The molecule has 2 aromatic rings. The maximum atomic E-state index is 12.4. The third-order valence-corrected chi connectivity index (χ3v) is 5.26. The predicted molar refractivity (Wildman–Crippen MR) is 111 cm³/mol. The summed E-state index contributed by atoms with van der Waals surface area (Å²) in [5.41, 5.74) is 3.38. The number of ether oxygens (including phenoxy) is 2. The van der Waals surface area contributed by atoms with Crippen molar-refractivity contribution in [3.05, 3.63) is 54.1 Å². The number of nitrogens with zero attached hydrogens (tertiary/aromatic N) is 1. The smallest absolute Gasteiger partial charge is 0.325 e. The monoisotopic (exact) mass is 396 g/mol. The summed E-state index contributed by atoms with van der Waals surface area (Å²) in [7, 11) is 3.00. The zero-order valence-corrected chi connectivity index (χ0v) is 17.0. The average molecular weight is 396 g/mol. The molecule has 0 aromatic heterocycles. The van der Waals surface area contributed by atoms with Gasteiger partial charge in [0, 0.05) is 18.7 Å². The van der Waals surface area contributed by atoms with Gasteiger partial charge in [0.25, 0.3) is 0 Å². The maximum Gasteiger partial charge on any atom is 0.325 e. The van der Waals surface area contributed by atoms with Crippen molar-refractivity contribution in [3.63, 3.8) is 0 Å². The second-order valence-corrected chi connectivity index (χ2v) is 7.27. The molecule has 1 fully saturated rings. The lowest BCUT2D eigenvalue weighted by Crippen LogP contribution is -2.44. The van der Waals surface area contributed by atoms with Gasteiger partial charge in [-0.3, -0.25) is 14.5 Å². The molecule has 1 aliphatic heterocycles. The predicted octanol–water partition coefficient (Wildman–Crippen LogP) is 2.86. The first-order valence-electron chi connectivity index (χ1n) is 9.90. The molecule has 1 unspecified atom stereocenters. The molecule has 3 rings (SSSR count). The van der Waals surface area contributed by atoms with Gasteiger partial charge in [0.1, 0.15) is 12.3 Å². The molecule has 1 saturated heterocycles. The summed E-state index contributed by atoms with van der Waals surface area (Å²) >= 11 is 0. The lowest BCUT2D eigenvalue weighted by molar-refractivity contribution is -0.141. The van der Waals surface area contributed by atoms with Crippen molar-refractivity contribution in [1.82, 2.24) is 10.2 Å². The first-order chi connectivity index (χ1) is 14.1. The van der Waals surface area contributed by atoms with E-state index in [0.29, 0.717) is 6.54 Å². The first kappa shape index (κ1) is 20.9. The summed E-state index contributed by atoms with van der Waals surface area (Å²) in [6.45, 7) is 2.35. The molecule has 0 saturated carbocycles. The number of rotatable bonds is 7. The number of para-hydroxylation sites is 1. The SMILES string of the molecule is COC(=O)CNC(=O)C1CCCN(Cc2cccc(-c3ccccc3OC)c2)C1. The minimum Gasteiger partial charge on any atom is -0.496 e. The summed E-state index contributed by atoms with van der Waals surface area (Å²) in [6, 6.07) is 16.4. The number of hydrogen-bond acceptors (Lipinski definition) is 5. The van der Waals surface area contributed by atoms with Gasteiger partial charge in [-0.15, -0.1) is 0 Å². The molecular formula is C23H28N2O4. The van der Waals surface area contributed by atoms with Gasteiger partial charge in [-0.1, -0.05) is 36.4 Å². The molecule has 1 amide bonds. The Kier molecular flexibility index (Phi) is 7.25. The van der Waals surface area contributed by atoms with Crippen LogP contribution in [0.1, 0.15) is 18.4 Å². The van der Waals surface area contributed by atoms with Gasteiger partial charge >= 0.3 is 5.97 Å². The van der Waals surface area contributed by atoms with E-state index in [2.05, 4.69) is 45.3 Å². The van der Waals surface area contributed by atoms with Gasteiger partial charge in [-0.25, -0.2) is 0 Å². The van der Waals surface area contributed by atoms with Crippen molar-refractivity contribution in [2.45, 2.75) is 19.4 Å². The lowest BCUT2D eigenvalue weighted by Gasteiger charge is -2.32. The van der Waals surface area contributed by atoms with Crippen LogP contribution < -0.4 is 10.1 Å². The molecule has 1 heterocycles. The van der Waals surface area contributed by atoms with E-state index in [9.17, 15) is 9.59 Å². The fourth-order valence-corrected chi connectivity index (χ4v) is 3.77. The fourth-order valence-electron chi connectivity index (χ4n) is 3.77. The Morgan fingerprint density at radius 1 is 1.14 bits per heavy atom. The van der Waals surface area contributed by atoms with Crippen molar-refractivity contribution in [2.24, 2.45) is 5.92 Å². The Hall–Kier alpha value is -2.86. The number of piperidine rings is 1. The van der Waals surface area contributed by atoms with Crippen LogP contribution in [0.3, 0.4) is 0 Å². The molecular weight excluding hydrogens is 368 g/mol. The highest BCUT2D eigenvalue weighted by Crippen LogP contribution is 2.30. The zero-order chi connectivity index (χ0) is 20.6. The topological polar surface area (TPSA) is 67.9 Å². The number of esters is 1. The second kappa shape index (κ2) is 10.1. The van der Waals surface area contributed by atoms with Crippen LogP contribution in [0.2, 0.25) is 0 Å². The van der Waals surface area contributed by atoms with Crippen molar-refractivity contribution in [2.75, 3.05) is 33.9 Å². The van der Waals surface area contributed by atoms with E-state index in [0.717, 1.165) is 42.8 Å². The molecule has 154 valence electrons. The number of amides is 1. The third kappa shape index (κ3) is 5.57. The van der Waals surface area contributed by atoms with Crippen molar-refractivity contribution < 1.29 is 19.1 Å². The molecule has 1 aliphatic rings. The number of likely N-dealkylation sites (tertiary alicyclic amines) is 1. The van der Waals surface area contributed by atoms with Gasteiger partial charge < -0.3 is 14.8 Å². The number of methoxy groups -OCH3 is 2. The van der Waals surface area contributed by atoms with Gasteiger partial charge in [-0.2, -0.15) is 0 Å². The van der Waals surface area contributed by atoms with E-state index in [1.54, 1.807) is 7.11 Å². The van der Waals surface area contributed by atoms with Crippen LogP contribution in [0.25, 0.3) is 11.1 Å². The number of hydrogen-bond donors (Lipinski definition) is 1. The van der Waals surface area contributed by atoms with E-state index in [-0.39, 0.29) is 18.4 Å². The molecule has 0 bridgehead atoms. The first-order valence-corrected chi connectivity index (χ1v) is 9.90. The van der Waals surface area contributed by atoms with Crippen LogP contribution in [0.5, 0.6) is 5.75 Å². The largest absolute Gasteiger partial charge is 0.496 e. The quantitative estimate of drug-likeness (QED) is 0.729.